The van der Waals surface area contributed by atoms with Crippen molar-refractivity contribution in [3.63, 3.8) is 0 Å². The van der Waals surface area contributed by atoms with E-state index in [9.17, 15) is 13.2 Å². The van der Waals surface area contributed by atoms with Gasteiger partial charge in [-0.15, -0.1) is 0 Å². The number of hydrogen-bond acceptors (Lipinski definition) is 6. The van der Waals surface area contributed by atoms with Crippen molar-refractivity contribution in [3.05, 3.63) is 17.1 Å². The van der Waals surface area contributed by atoms with E-state index in [4.69, 9.17) is 4.74 Å². The average Bonchev–Trinajstić information content (AvgIpc) is 2.35. The molecule has 7 nitrogen and oxygen atoms in total. The van der Waals surface area contributed by atoms with Gasteiger partial charge in [0.05, 0.1) is 0 Å². The molecule has 1 heterocycles. The Morgan fingerprint density at radius 1 is 1.25 bits per heavy atom. The van der Waals surface area contributed by atoms with Crippen LogP contribution in [-0.4, -0.2) is 48.3 Å². The van der Waals surface area contributed by atoms with Crippen LogP contribution >= 0.6 is 0 Å². The summed E-state index contributed by atoms with van der Waals surface area (Å²) >= 11 is 0. The lowest BCUT2D eigenvalue weighted by atomic mass is 10.2. The first-order valence-corrected chi connectivity index (χ1v) is 7.05. The van der Waals surface area contributed by atoms with E-state index in [0.717, 1.165) is 0 Å². The summed E-state index contributed by atoms with van der Waals surface area (Å²) in [5, 5.41) is 0. The minimum Gasteiger partial charge on any atom is -0.391 e. The highest BCUT2D eigenvalue weighted by Gasteiger charge is 2.17. The Bertz CT molecular complexity index is 658. The molecule has 0 aliphatic carbocycles. The standard InChI is InChI=1S/C12H17N3O4S/c1-6-9(20(17)18)10-13-8(3)7(2)11(14-10)19-12(16)15(4)5/h6H2,1-5H3. The van der Waals surface area contributed by atoms with Gasteiger partial charge in [-0.2, -0.15) is 13.4 Å². The molecule has 0 atom stereocenters. The number of ether oxygens (including phenoxy) is 1. The van der Waals surface area contributed by atoms with Gasteiger partial charge in [-0.05, 0) is 20.3 Å². The van der Waals surface area contributed by atoms with Gasteiger partial charge >= 0.3 is 6.09 Å². The number of carbonyl (C=O) groups is 1. The number of hydrogen-bond donors (Lipinski definition) is 0. The molecule has 0 unspecified atom stereocenters. The van der Waals surface area contributed by atoms with E-state index >= 15 is 0 Å². The number of rotatable bonds is 3. The van der Waals surface area contributed by atoms with Crippen LogP contribution in [0.5, 0.6) is 5.88 Å². The van der Waals surface area contributed by atoms with Gasteiger partial charge in [0.2, 0.25) is 16.2 Å². The number of carbonyl (C=O) groups excluding carboxylic acids is 1. The monoisotopic (exact) mass is 299 g/mol. The molecule has 20 heavy (non-hydrogen) atoms. The van der Waals surface area contributed by atoms with Crippen molar-refractivity contribution >= 4 is 21.3 Å². The molecule has 0 aromatic carbocycles. The third kappa shape index (κ3) is 3.53. The zero-order valence-electron chi connectivity index (χ0n) is 12.1. The molecule has 0 bridgehead atoms. The summed E-state index contributed by atoms with van der Waals surface area (Å²) in [6, 6.07) is 0. The zero-order valence-corrected chi connectivity index (χ0v) is 12.9. The van der Waals surface area contributed by atoms with E-state index < -0.39 is 16.4 Å². The predicted molar refractivity (Wildman–Crippen MR) is 74.5 cm³/mol. The van der Waals surface area contributed by atoms with E-state index in [1.807, 2.05) is 0 Å². The van der Waals surface area contributed by atoms with Gasteiger partial charge in [0.15, 0.2) is 5.82 Å². The SMILES string of the molecule is CCC(c1nc(C)c(C)c(OC(=O)N(C)C)n1)=S(=O)=O. The maximum Gasteiger partial charge on any atom is 0.416 e. The smallest absolute Gasteiger partial charge is 0.391 e. The fourth-order valence-electron chi connectivity index (χ4n) is 1.35. The third-order valence-corrected chi connectivity index (χ3v) is 3.54. The molecule has 0 aliphatic rings. The molecule has 0 N–H and O–H groups in total. The maximum atomic E-state index is 11.6. The van der Waals surface area contributed by atoms with Crippen molar-refractivity contribution in [1.29, 1.82) is 0 Å². The quantitative estimate of drug-likeness (QED) is 0.610. The van der Waals surface area contributed by atoms with Gasteiger partial charge in [-0.25, -0.2) is 9.78 Å². The Labute approximate surface area is 119 Å². The first-order valence-electron chi connectivity index (χ1n) is 5.97. The molecule has 0 fully saturated rings. The fourth-order valence-corrected chi connectivity index (χ4v) is 1.83. The van der Waals surface area contributed by atoms with Crippen molar-refractivity contribution in [2.24, 2.45) is 0 Å². The molecule has 1 aromatic rings. The zero-order chi connectivity index (χ0) is 15.4. The lowest BCUT2D eigenvalue weighted by Gasteiger charge is -2.13. The molecular formula is C12H17N3O4S. The molecular weight excluding hydrogens is 282 g/mol. The Kier molecular flexibility index (Phi) is 5.20. The number of aromatic nitrogens is 2. The Morgan fingerprint density at radius 3 is 2.30 bits per heavy atom. The normalized spacial score (nSPS) is 10.1. The number of nitrogens with zero attached hydrogens (tertiary/aromatic N) is 3. The Hall–Kier alpha value is -1.96. The second-order valence-electron chi connectivity index (χ2n) is 4.34. The Balaban J connectivity index is 3.37. The molecule has 0 radical (unpaired) electrons. The molecule has 110 valence electrons. The van der Waals surface area contributed by atoms with Gasteiger partial charge in [-0.3, -0.25) is 0 Å². The van der Waals surface area contributed by atoms with Crippen LogP contribution in [0.25, 0.3) is 0 Å². The van der Waals surface area contributed by atoms with Crippen LogP contribution in [-0.2, 0) is 10.3 Å². The summed E-state index contributed by atoms with van der Waals surface area (Å²) in [6.07, 6.45) is -0.321. The van der Waals surface area contributed by atoms with Gasteiger partial charge in [0, 0.05) is 25.4 Å². The summed E-state index contributed by atoms with van der Waals surface area (Å²) in [7, 11) is 0.681. The highest BCUT2D eigenvalue weighted by atomic mass is 32.2. The van der Waals surface area contributed by atoms with Crippen LogP contribution in [0, 0.1) is 13.8 Å². The van der Waals surface area contributed by atoms with Crippen molar-refractivity contribution in [2.45, 2.75) is 27.2 Å². The molecule has 1 aromatic heterocycles. The van der Waals surface area contributed by atoms with Crippen molar-refractivity contribution in [2.75, 3.05) is 14.1 Å². The topological polar surface area (TPSA) is 89.5 Å². The lowest BCUT2D eigenvalue weighted by molar-refractivity contribution is 0.169. The minimum atomic E-state index is -2.41. The van der Waals surface area contributed by atoms with Crippen LogP contribution in [0.4, 0.5) is 4.79 Å². The fraction of sp³-hybridized carbons (Fsp3) is 0.500. The van der Waals surface area contributed by atoms with Gasteiger partial charge < -0.3 is 9.64 Å². The second-order valence-corrected chi connectivity index (χ2v) is 5.30. The van der Waals surface area contributed by atoms with Crippen LogP contribution in [0.2, 0.25) is 0 Å². The van der Waals surface area contributed by atoms with Crippen molar-refractivity contribution < 1.29 is 17.9 Å². The first kappa shape index (κ1) is 16.1. The van der Waals surface area contributed by atoms with E-state index in [0.29, 0.717) is 11.3 Å². The van der Waals surface area contributed by atoms with Gasteiger partial charge in [-0.1, -0.05) is 6.92 Å². The largest absolute Gasteiger partial charge is 0.416 e. The van der Waals surface area contributed by atoms with Crippen molar-refractivity contribution in [3.8, 4) is 5.88 Å². The first-order chi connectivity index (χ1) is 9.27. The predicted octanol–water partition coefficient (Wildman–Crippen LogP) is 0.963. The molecule has 1 rings (SSSR count). The van der Waals surface area contributed by atoms with Crippen LogP contribution in [0.1, 0.15) is 30.4 Å². The summed E-state index contributed by atoms with van der Waals surface area (Å²) in [6.45, 7) is 5.10. The van der Waals surface area contributed by atoms with Gasteiger partial charge in [0.1, 0.15) is 4.86 Å². The summed E-state index contributed by atoms with van der Waals surface area (Å²) in [4.78, 5) is 21.1. The minimum absolute atomic E-state index is 0.0606. The maximum absolute atomic E-state index is 11.6. The van der Waals surface area contributed by atoms with E-state index in [-0.39, 0.29) is 23.0 Å². The summed E-state index contributed by atoms with van der Waals surface area (Å²) < 4.78 is 27.4. The van der Waals surface area contributed by atoms with Crippen molar-refractivity contribution in [1.82, 2.24) is 14.9 Å². The molecule has 0 spiro atoms. The van der Waals surface area contributed by atoms with E-state index in [1.165, 1.54) is 4.90 Å². The third-order valence-electron chi connectivity index (χ3n) is 2.67. The summed E-state index contributed by atoms with van der Waals surface area (Å²) in [5.74, 6) is 0.132. The molecule has 8 heteroatoms. The molecule has 0 saturated heterocycles. The highest BCUT2D eigenvalue weighted by molar-refractivity contribution is 7.73. The summed E-state index contributed by atoms with van der Waals surface area (Å²) in [5.41, 5.74) is 1.16. The Morgan fingerprint density at radius 2 is 1.85 bits per heavy atom. The van der Waals surface area contributed by atoms with Gasteiger partial charge in [0.25, 0.3) is 0 Å². The number of amides is 1. The molecule has 0 aliphatic heterocycles. The molecule has 0 saturated carbocycles. The second kappa shape index (κ2) is 6.47. The van der Waals surface area contributed by atoms with Crippen LogP contribution < -0.4 is 4.74 Å². The number of aryl methyl sites for hydroxylation is 1. The van der Waals surface area contributed by atoms with E-state index in [1.54, 1.807) is 34.9 Å². The van der Waals surface area contributed by atoms with E-state index in [2.05, 4.69) is 9.97 Å². The van der Waals surface area contributed by atoms with Crippen LogP contribution in [0.3, 0.4) is 0 Å². The highest BCUT2D eigenvalue weighted by Crippen LogP contribution is 2.18. The van der Waals surface area contributed by atoms with Crippen LogP contribution in [0.15, 0.2) is 0 Å². The average molecular weight is 299 g/mol. The molecule has 1 amide bonds. The lowest BCUT2D eigenvalue weighted by Crippen LogP contribution is -2.26.